The van der Waals surface area contributed by atoms with E-state index in [2.05, 4.69) is 10.3 Å². The van der Waals surface area contributed by atoms with Crippen molar-refractivity contribution in [2.24, 2.45) is 0 Å². The Morgan fingerprint density at radius 1 is 1.13 bits per heavy atom. The van der Waals surface area contributed by atoms with Crippen LogP contribution >= 0.6 is 11.6 Å². The van der Waals surface area contributed by atoms with E-state index in [0.29, 0.717) is 11.4 Å². The number of hydroxylamine groups is 1. The highest BCUT2D eigenvalue weighted by Crippen LogP contribution is 2.14. The molecule has 0 unspecified atom stereocenters. The number of nitrogens with one attached hydrogen (secondary N) is 1. The molecule has 0 saturated heterocycles. The third-order valence-corrected chi connectivity index (χ3v) is 3.85. The van der Waals surface area contributed by atoms with E-state index in [0.717, 1.165) is 49.9 Å². The van der Waals surface area contributed by atoms with E-state index in [1.54, 1.807) is 10.2 Å². The smallest absolute Gasteiger partial charge is 0.243 e. The molecule has 1 heterocycles. The highest BCUT2D eigenvalue weighted by molar-refractivity contribution is 6.30. The molecular formula is C16H21ClN4O2. The molecule has 6 nitrogen and oxygen atoms in total. The lowest BCUT2D eigenvalue weighted by Gasteiger charge is -2.00. The van der Waals surface area contributed by atoms with E-state index in [4.69, 9.17) is 16.8 Å². The molecule has 1 amide bonds. The van der Waals surface area contributed by atoms with E-state index >= 15 is 0 Å². The van der Waals surface area contributed by atoms with Crippen molar-refractivity contribution in [3.63, 3.8) is 0 Å². The van der Waals surface area contributed by atoms with Gasteiger partial charge >= 0.3 is 0 Å². The Morgan fingerprint density at radius 2 is 1.83 bits per heavy atom. The molecule has 2 rings (SSSR count). The van der Waals surface area contributed by atoms with Gasteiger partial charge in [0.15, 0.2) is 0 Å². The average molecular weight is 337 g/mol. The van der Waals surface area contributed by atoms with Crippen molar-refractivity contribution >= 4 is 17.5 Å². The Labute approximate surface area is 140 Å². The number of carbonyl (C=O) groups is 1. The van der Waals surface area contributed by atoms with Gasteiger partial charge in [0.1, 0.15) is 0 Å². The Morgan fingerprint density at radius 3 is 2.57 bits per heavy atom. The van der Waals surface area contributed by atoms with Crippen molar-refractivity contribution in [1.29, 1.82) is 0 Å². The minimum Gasteiger partial charge on any atom is -0.289 e. The van der Waals surface area contributed by atoms with Gasteiger partial charge < -0.3 is 0 Å². The first-order valence-electron chi connectivity index (χ1n) is 7.79. The van der Waals surface area contributed by atoms with Crippen molar-refractivity contribution in [2.75, 3.05) is 0 Å². The van der Waals surface area contributed by atoms with Crippen LogP contribution in [0.2, 0.25) is 5.02 Å². The van der Waals surface area contributed by atoms with Crippen LogP contribution < -0.4 is 5.48 Å². The molecule has 0 radical (unpaired) electrons. The van der Waals surface area contributed by atoms with Crippen molar-refractivity contribution in [2.45, 2.75) is 44.9 Å². The number of amides is 1. The predicted octanol–water partition coefficient (Wildman–Crippen LogP) is 3.31. The van der Waals surface area contributed by atoms with E-state index < -0.39 is 0 Å². The topological polar surface area (TPSA) is 80.0 Å². The van der Waals surface area contributed by atoms with Gasteiger partial charge in [-0.1, -0.05) is 36.1 Å². The zero-order valence-corrected chi connectivity index (χ0v) is 13.7. The van der Waals surface area contributed by atoms with Crippen LogP contribution in [0.1, 0.15) is 44.2 Å². The van der Waals surface area contributed by atoms with Gasteiger partial charge in [-0.2, -0.15) is 0 Å². The van der Waals surface area contributed by atoms with Crippen LogP contribution in [0.15, 0.2) is 30.5 Å². The average Bonchev–Trinajstić information content (AvgIpc) is 3.03. The molecule has 0 bridgehead atoms. The van der Waals surface area contributed by atoms with E-state index in [1.807, 2.05) is 30.5 Å². The van der Waals surface area contributed by atoms with Crippen LogP contribution in [0.3, 0.4) is 0 Å². The summed E-state index contributed by atoms with van der Waals surface area (Å²) in [4.78, 5) is 10.8. The summed E-state index contributed by atoms with van der Waals surface area (Å²) in [5.41, 5.74) is 3.56. The maximum absolute atomic E-state index is 10.8. The first kappa shape index (κ1) is 17.4. The molecule has 2 N–H and O–H groups in total. The summed E-state index contributed by atoms with van der Waals surface area (Å²) in [7, 11) is 0. The van der Waals surface area contributed by atoms with E-state index in [1.165, 1.54) is 0 Å². The number of unbranched alkanes of at least 4 members (excludes halogenated alkanes) is 4. The molecule has 1 aromatic heterocycles. The van der Waals surface area contributed by atoms with Gasteiger partial charge in [-0.3, -0.25) is 10.0 Å². The molecule has 124 valence electrons. The van der Waals surface area contributed by atoms with E-state index in [-0.39, 0.29) is 5.91 Å². The summed E-state index contributed by atoms with van der Waals surface area (Å²) in [6.07, 6.45) is 8.22. The minimum absolute atomic E-state index is 0.316. The number of carbonyl (C=O) groups excluding carboxylic acids is 1. The van der Waals surface area contributed by atoms with Crippen LogP contribution in [0.5, 0.6) is 0 Å². The Bertz CT molecular complexity index is 613. The molecule has 0 spiro atoms. The van der Waals surface area contributed by atoms with Crippen molar-refractivity contribution in [3.8, 4) is 5.69 Å². The predicted molar refractivity (Wildman–Crippen MR) is 87.7 cm³/mol. The fourth-order valence-corrected chi connectivity index (χ4v) is 2.44. The van der Waals surface area contributed by atoms with E-state index in [9.17, 15) is 4.79 Å². The van der Waals surface area contributed by atoms with Crippen molar-refractivity contribution in [3.05, 3.63) is 41.2 Å². The van der Waals surface area contributed by atoms with Gasteiger partial charge in [0, 0.05) is 11.4 Å². The molecule has 2 aromatic rings. The maximum atomic E-state index is 10.8. The highest BCUT2D eigenvalue weighted by atomic mass is 35.5. The SMILES string of the molecule is O=C(CCCCCCCc1cn(-c2ccc(Cl)cc2)nn1)NO. The van der Waals surface area contributed by atoms with Gasteiger partial charge in [0.2, 0.25) is 5.91 Å². The summed E-state index contributed by atoms with van der Waals surface area (Å²) < 4.78 is 1.75. The second-order valence-electron chi connectivity index (χ2n) is 5.43. The lowest BCUT2D eigenvalue weighted by atomic mass is 10.1. The zero-order chi connectivity index (χ0) is 16.5. The molecule has 0 aliphatic carbocycles. The quantitative estimate of drug-likeness (QED) is 0.418. The molecule has 0 atom stereocenters. The first-order chi connectivity index (χ1) is 11.2. The minimum atomic E-state index is -0.316. The number of aryl methyl sites for hydroxylation is 1. The summed E-state index contributed by atoms with van der Waals surface area (Å²) in [6, 6.07) is 7.47. The Kier molecular flexibility index (Phi) is 7.03. The number of halogens is 1. The summed E-state index contributed by atoms with van der Waals surface area (Å²) >= 11 is 5.87. The summed E-state index contributed by atoms with van der Waals surface area (Å²) in [5.74, 6) is -0.316. The summed E-state index contributed by atoms with van der Waals surface area (Å²) in [6.45, 7) is 0. The molecule has 0 aliphatic rings. The van der Waals surface area contributed by atoms with Crippen LogP contribution in [-0.4, -0.2) is 26.1 Å². The summed E-state index contributed by atoms with van der Waals surface area (Å²) in [5, 5.41) is 17.4. The van der Waals surface area contributed by atoms with Crippen LogP contribution in [0, 0.1) is 0 Å². The molecule has 1 aromatic carbocycles. The fourth-order valence-electron chi connectivity index (χ4n) is 2.31. The van der Waals surface area contributed by atoms with Gasteiger partial charge in [0.25, 0.3) is 0 Å². The largest absolute Gasteiger partial charge is 0.289 e. The highest BCUT2D eigenvalue weighted by Gasteiger charge is 2.03. The normalized spacial score (nSPS) is 10.7. The number of benzene rings is 1. The monoisotopic (exact) mass is 336 g/mol. The number of aromatic nitrogens is 3. The maximum Gasteiger partial charge on any atom is 0.243 e. The standard InChI is InChI=1S/C16H21ClN4O2/c17-13-8-10-15(11-9-13)21-12-14(18-20-21)6-4-2-1-3-5-7-16(22)19-23/h8-12,23H,1-7H2,(H,19,22). The van der Waals surface area contributed by atoms with Crippen LogP contribution in [-0.2, 0) is 11.2 Å². The number of hydrogen-bond donors (Lipinski definition) is 2. The molecule has 0 saturated carbocycles. The van der Waals surface area contributed by atoms with Gasteiger partial charge in [-0.15, -0.1) is 5.10 Å². The lowest BCUT2D eigenvalue weighted by molar-refractivity contribution is -0.129. The van der Waals surface area contributed by atoms with Crippen LogP contribution in [0.4, 0.5) is 0 Å². The zero-order valence-electron chi connectivity index (χ0n) is 12.9. The number of hydrogen-bond acceptors (Lipinski definition) is 4. The molecular weight excluding hydrogens is 316 g/mol. The van der Waals surface area contributed by atoms with Crippen molar-refractivity contribution < 1.29 is 10.0 Å². The number of nitrogens with zero attached hydrogens (tertiary/aromatic N) is 3. The molecule has 0 fully saturated rings. The van der Waals surface area contributed by atoms with Crippen molar-refractivity contribution in [1.82, 2.24) is 20.5 Å². The van der Waals surface area contributed by atoms with Gasteiger partial charge in [-0.05, 0) is 43.5 Å². The molecule has 0 aliphatic heterocycles. The Hall–Kier alpha value is -1.92. The number of rotatable bonds is 9. The van der Waals surface area contributed by atoms with Gasteiger partial charge in [-0.25, -0.2) is 10.2 Å². The molecule has 23 heavy (non-hydrogen) atoms. The lowest BCUT2D eigenvalue weighted by Crippen LogP contribution is -2.17. The van der Waals surface area contributed by atoms with Crippen LogP contribution in [0.25, 0.3) is 5.69 Å². The third kappa shape index (κ3) is 6.00. The first-order valence-corrected chi connectivity index (χ1v) is 8.17. The fraction of sp³-hybridized carbons (Fsp3) is 0.438. The second-order valence-corrected chi connectivity index (χ2v) is 5.87. The second kappa shape index (κ2) is 9.27. The third-order valence-electron chi connectivity index (χ3n) is 3.59. The Balaban J connectivity index is 1.65. The molecule has 7 heteroatoms. The van der Waals surface area contributed by atoms with Gasteiger partial charge in [0.05, 0.1) is 17.6 Å².